The average Bonchev–Trinajstić information content (AvgIpc) is 2.60. The SMILES string of the molecule is CCOc1c(S)cc(F)c2ccsc12. The van der Waals surface area contributed by atoms with Gasteiger partial charge in [-0.15, -0.1) is 24.0 Å². The number of ether oxygens (including phenoxy) is 1. The molecule has 4 heteroatoms. The molecule has 0 atom stereocenters. The first-order chi connectivity index (χ1) is 6.74. The maximum atomic E-state index is 13.4. The number of halogens is 1. The maximum Gasteiger partial charge on any atom is 0.150 e. The van der Waals surface area contributed by atoms with E-state index in [0.29, 0.717) is 22.6 Å². The molecule has 0 saturated carbocycles. The van der Waals surface area contributed by atoms with Gasteiger partial charge in [0.25, 0.3) is 0 Å². The molecular weight excluding hydrogens is 219 g/mol. The molecule has 0 aliphatic carbocycles. The zero-order valence-electron chi connectivity index (χ0n) is 7.58. The van der Waals surface area contributed by atoms with Gasteiger partial charge >= 0.3 is 0 Å². The van der Waals surface area contributed by atoms with Crippen LogP contribution in [0.15, 0.2) is 22.4 Å². The molecule has 1 nitrogen and oxygen atoms in total. The molecule has 2 rings (SSSR count). The molecular formula is C10H9FOS2. The molecule has 0 radical (unpaired) electrons. The van der Waals surface area contributed by atoms with Crippen molar-refractivity contribution in [3.8, 4) is 5.75 Å². The van der Waals surface area contributed by atoms with Gasteiger partial charge in [-0.05, 0) is 24.4 Å². The van der Waals surface area contributed by atoms with Crippen molar-refractivity contribution in [1.29, 1.82) is 0 Å². The smallest absolute Gasteiger partial charge is 0.150 e. The lowest BCUT2D eigenvalue weighted by Gasteiger charge is -2.07. The van der Waals surface area contributed by atoms with Gasteiger partial charge in [0, 0.05) is 5.39 Å². The summed E-state index contributed by atoms with van der Waals surface area (Å²) in [6, 6.07) is 3.15. The molecule has 0 aliphatic heterocycles. The van der Waals surface area contributed by atoms with Crippen LogP contribution in [0.3, 0.4) is 0 Å². The first-order valence-electron chi connectivity index (χ1n) is 4.25. The van der Waals surface area contributed by atoms with Crippen molar-refractivity contribution < 1.29 is 9.13 Å². The van der Waals surface area contributed by atoms with E-state index in [0.717, 1.165) is 4.70 Å². The molecule has 1 aromatic carbocycles. The van der Waals surface area contributed by atoms with E-state index in [1.807, 2.05) is 12.3 Å². The number of rotatable bonds is 2. The highest BCUT2D eigenvalue weighted by atomic mass is 32.1. The zero-order chi connectivity index (χ0) is 10.1. The molecule has 0 amide bonds. The molecule has 2 aromatic rings. The van der Waals surface area contributed by atoms with Gasteiger partial charge in [-0.25, -0.2) is 4.39 Å². The van der Waals surface area contributed by atoms with E-state index in [9.17, 15) is 4.39 Å². The predicted octanol–water partition coefficient (Wildman–Crippen LogP) is 3.73. The minimum Gasteiger partial charge on any atom is -0.491 e. The summed E-state index contributed by atoms with van der Waals surface area (Å²) in [5.41, 5.74) is 0. The van der Waals surface area contributed by atoms with Crippen molar-refractivity contribution in [2.75, 3.05) is 6.61 Å². The van der Waals surface area contributed by atoms with E-state index in [2.05, 4.69) is 12.6 Å². The molecule has 0 aliphatic rings. The normalized spacial score (nSPS) is 10.8. The third-order valence-corrected chi connectivity index (χ3v) is 3.16. The Morgan fingerprint density at radius 3 is 3.07 bits per heavy atom. The van der Waals surface area contributed by atoms with E-state index in [-0.39, 0.29) is 5.82 Å². The third-order valence-electron chi connectivity index (χ3n) is 1.91. The van der Waals surface area contributed by atoms with E-state index in [4.69, 9.17) is 4.74 Å². The lowest BCUT2D eigenvalue weighted by molar-refractivity contribution is 0.337. The van der Waals surface area contributed by atoms with Gasteiger partial charge in [0.15, 0.2) is 5.75 Å². The summed E-state index contributed by atoms with van der Waals surface area (Å²) in [4.78, 5) is 0.555. The molecule has 0 bridgehead atoms. The van der Waals surface area contributed by atoms with Gasteiger partial charge in [0.1, 0.15) is 5.82 Å². The Balaban J connectivity index is 2.73. The summed E-state index contributed by atoms with van der Waals surface area (Å²) >= 11 is 5.66. The van der Waals surface area contributed by atoms with E-state index >= 15 is 0 Å². The summed E-state index contributed by atoms with van der Waals surface area (Å²) in [5, 5.41) is 2.46. The fourth-order valence-corrected chi connectivity index (χ4v) is 2.61. The molecule has 0 unspecified atom stereocenters. The van der Waals surface area contributed by atoms with Crippen LogP contribution < -0.4 is 4.74 Å². The molecule has 0 saturated heterocycles. The fourth-order valence-electron chi connectivity index (χ4n) is 1.34. The summed E-state index contributed by atoms with van der Waals surface area (Å²) in [6.07, 6.45) is 0. The Labute approximate surface area is 90.9 Å². The zero-order valence-corrected chi connectivity index (χ0v) is 9.29. The Bertz CT molecular complexity index is 464. The van der Waals surface area contributed by atoms with Crippen molar-refractivity contribution >= 4 is 34.1 Å². The summed E-state index contributed by atoms with van der Waals surface area (Å²) < 4.78 is 19.7. The van der Waals surface area contributed by atoms with E-state index in [1.165, 1.54) is 17.4 Å². The van der Waals surface area contributed by atoms with Crippen molar-refractivity contribution in [2.45, 2.75) is 11.8 Å². The van der Waals surface area contributed by atoms with Gasteiger partial charge in [0.2, 0.25) is 0 Å². The highest BCUT2D eigenvalue weighted by molar-refractivity contribution is 7.80. The lowest BCUT2D eigenvalue weighted by Crippen LogP contribution is -1.93. The Kier molecular flexibility index (Phi) is 2.65. The molecule has 0 N–H and O–H groups in total. The average molecular weight is 228 g/mol. The van der Waals surface area contributed by atoms with Crippen LogP contribution >= 0.6 is 24.0 Å². The number of benzene rings is 1. The Morgan fingerprint density at radius 1 is 1.57 bits per heavy atom. The Morgan fingerprint density at radius 2 is 2.36 bits per heavy atom. The van der Waals surface area contributed by atoms with Crippen LogP contribution in [-0.2, 0) is 0 Å². The van der Waals surface area contributed by atoms with E-state index in [1.54, 1.807) is 6.07 Å². The highest BCUT2D eigenvalue weighted by Gasteiger charge is 2.11. The predicted molar refractivity (Wildman–Crippen MR) is 60.2 cm³/mol. The van der Waals surface area contributed by atoms with Crippen LogP contribution in [0, 0.1) is 5.82 Å². The number of fused-ring (bicyclic) bond motifs is 1. The van der Waals surface area contributed by atoms with Crippen LogP contribution in [-0.4, -0.2) is 6.61 Å². The van der Waals surface area contributed by atoms with Crippen LogP contribution in [0.2, 0.25) is 0 Å². The highest BCUT2D eigenvalue weighted by Crippen LogP contribution is 2.37. The second kappa shape index (κ2) is 3.79. The van der Waals surface area contributed by atoms with Gasteiger partial charge in [-0.2, -0.15) is 0 Å². The monoisotopic (exact) mass is 228 g/mol. The topological polar surface area (TPSA) is 9.23 Å². The quantitative estimate of drug-likeness (QED) is 0.771. The van der Waals surface area contributed by atoms with Crippen LogP contribution in [0.5, 0.6) is 5.75 Å². The van der Waals surface area contributed by atoms with Crippen molar-refractivity contribution in [3.05, 3.63) is 23.3 Å². The minimum atomic E-state index is -0.241. The molecule has 74 valence electrons. The number of thiol groups is 1. The fraction of sp³-hybridized carbons (Fsp3) is 0.200. The van der Waals surface area contributed by atoms with Crippen LogP contribution in [0.25, 0.3) is 10.1 Å². The largest absolute Gasteiger partial charge is 0.491 e. The van der Waals surface area contributed by atoms with Gasteiger partial charge < -0.3 is 4.74 Å². The minimum absolute atomic E-state index is 0.241. The molecule has 0 fully saturated rings. The number of hydrogen-bond donors (Lipinski definition) is 1. The molecule has 0 spiro atoms. The molecule has 14 heavy (non-hydrogen) atoms. The van der Waals surface area contributed by atoms with E-state index < -0.39 is 0 Å². The first-order valence-corrected chi connectivity index (χ1v) is 5.58. The summed E-state index contributed by atoms with van der Waals surface area (Å²) in [6.45, 7) is 2.46. The second-order valence-corrected chi connectivity index (χ2v) is 4.20. The molecule has 1 aromatic heterocycles. The number of thiophene rings is 1. The van der Waals surface area contributed by atoms with Gasteiger partial charge in [-0.3, -0.25) is 0 Å². The third kappa shape index (κ3) is 1.48. The number of hydrogen-bond acceptors (Lipinski definition) is 3. The molecule has 1 heterocycles. The summed E-state index contributed by atoms with van der Waals surface area (Å²) in [5.74, 6) is 0.442. The second-order valence-electron chi connectivity index (χ2n) is 2.80. The van der Waals surface area contributed by atoms with Crippen molar-refractivity contribution in [3.63, 3.8) is 0 Å². The van der Waals surface area contributed by atoms with Crippen molar-refractivity contribution in [2.24, 2.45) is 0 Å². The van der Waals surface area contributed by atoms with Crippen LogP contribution in [0.1, 0.15) is 6.92 Å². The maximum absolute atomic E-state index is 13.4. The first kappa shape index (κ1) is 9.80. The Hall–Kier alpha value is -0.740. The standard InChI is InChI=1S/C10H9FOS2/c1-2-12-9-8(13)5-7(11)6-3-4-14-10(6)9/h3-5,13H,2H2,1H3. The summed E-state index contributed by atoms with van der Waals surface area (Å²) in [7, 11) is 0. The van der Waals surface area contributed by atoms with Crippen LogP contribution in [0.4, 0.5) is 4.39 Å². The lowest BCUT2D eigenvalue weighted by atomic mass is 10.2. The van der Waals surface area contributed by atoms with Gasteiger partial charge in [0.05, 0.1) is 16.2 Å². The van der Waals surface area contributed by atoms with Gasteiger partial charge in [-0.1, -0.05) is 0 Å². The van der Waals surface area contributed by atoms with Crippen molar-refractivity contribution in [1.82, 2.24) is 0 Å².